The third-order valence-electron chi connectivity index (χ3n) is 3.92. The molecule has 1 aliphatic heterocycles. The Balaban J connectivity index is 1.83. The van der Waals surface area contributed by atoms with Gasteiger partial charge in [-0.15, -0.1) is 0 Å². The fraction of sp³-hybridized carbons (Fsp3) is 0.786. The first-order valence-electron chi connectivity index (χ1n) is 7.32. The van der Waals surface area contributed by atoms with Crippen LogP contribution >= 0.6 is 0 Å². The van der Waals surface area contributed by atoms with Crippen LogP contribution in [0.2, 0.25) is 0 Å². The van der Waals surface area contributed by atoms with E-state index < -0.39 is 0 Å². The van der Waals surface area contributed by atoms with Crippen molar-refractivity contribution in [2.45, 2.75) is 39.4 Å². The van der Waals surface area contributed by atoms with Gasteiger partial charge in [-0.2, -0.15) is 0 Å². The summed E-state index contributed by atoms with van der Waals surface area (Å²) in [5.41, 5.74) is 0.983. The van der Waals surface area contributed by atoms with Gasteiger partial charge in [-0.05, 0) is 26.6 Å². The molecule has 0 aliphatic carbocycles. The molecule has 1 unspecified atom stereocenters. The number of rotatable bonds is 7. The van der Waals surface area contributed by atoms with Gasteiger partial charge in [-0.25, -0.2) is 0 Å². The van der Waals surface area contributed by atoms with Crippen molar-refractivity contribution in [1.82, 2.24) is 20.3 Å². The first-order valence-corrected chi connectivity index (χ1v) is 7.32. The van der Waals surface area contributed by atoms with Crippen LogP contribution in [0, 0.1) is 0 Å². The first-order chi connectivity index (χ1) is 9.26. The maximum absolute atomic E-state index is 5.38. The normalized spacial score (nSPS) is 20.5. The van der Waals surface area contributed by atoms with Gasteiger partial charge in [-0.1, -0.05) is 19.0 Å². The summed E-state index contributed by atoms with van der Waals surface area (Å²) in [5, 5.41) is 7.15. The second-order valence-corrected chi connectivity index (χ2v) is 5.21. The molecule has 0 radical (unpaired) electrons. The van der Waals surface area contributed by atoms with Gasteiger partial charge in [0.2, 0.25) is 0 Å². The molecule has 1 atom stereocenters. The van der Waals surface area contributed by atoms with E-state index in [4.69, 9.17) is 4.52 Å². The molecule has 0 amide bonds. The predicted octanol–water partition coefficient (Wildman–Crippen LogP) is 1.31. The van der Waals surface area contributed by atoms with Crippen molar-refractivity contribution in [2.75, 3.05) is 33.2 Å². The third kappa shape index (κ3) is 3.78. The van der Waals surface area contributed by atoms with E-state index in [-0.39, 0.29) is 0 Å². The zero-order chi connectivity index (χ0) is 13.7. The highest BCUT2D eigenvalue weighted by Crippen LogP contribution is 2.18. The zero-order valence-electron chi connectivity index (χ0n) is 12.4. The van der Waals surface area contributed by atoms with Crippen molar-refractivity contribution >= 4 is 0 Å². The fourth-order valence-electron chi connectivity index (χ4n) is 2.91. The molecule has 5 heteroatoms. The summed E-state index contributed by atoms with van der Waals surface area (Å²) in [4.78, 5) is 5.01. The smallest absolute Gasteiger partial charge is 0.151 e. The van der Waals surface area contributed by atoms with E-state index in [1.807, 2.05) is 7.05 Å². The number of likely N-dealkylation sites (tertiary alicyclic amines) is 1. The third-order valence-corrected chi connectivity index (χ3v) is 3.92. The highest BCUT2D eigenvalue weighted by atomic mass is 16.5. The van der Waals surface area contributed by atoms with Gasteiger partial charge in [-0.3, -0.25) is 9.80 Å². The van der Waals surface area contributed by atoms with Gasteiger partial charge in [0.15, 0.2) is 5.76 Å². The minimum Gasteiger partial charge on any atom is -0.360 e. The summed E-state index contributed by atoms with van der Waals surface area (Å²) in [6.07, 6.45) is 1.26. The maximum atomic E-state index is 5.38. The topological polar surface area (TPSA) is 44.5 Å². The minimum absolute atomic E-state index is 0.703. The molecule has 1 aromatic rings. The van der Waals surface area contributed by atoms with Crippen LogP contribution in [-0.4, -0.2) is 54.2 Å². The van der Waals surface area contributed by atoms with Crippen LogP contribution in [-0.2, 0) is 13.1 Å². The largest absolute Gasteiger partial charge is 0.360 e. The lowest BCUT2D eigenvalue weighted by atomic mass is 10.2. The van der Waals surface area contributed by atoms with Gasteiger partial charge in [0, 0.05) is 31.7 Å². The van der Waals surface area contributed by atoms with E-state index >= 15 is 0 Å². The van der Waals surface area contributed by atoms with Gasteiger partial charge in [0.25, 0.3) is 0 Å². The quantitative estimate of drug-likeness (QED) is 0.806. The van der Waals surface area contributed by atoms with Crippen LogP contribution in [0.1, 0.15) is 31.7 Å². The SMILES string of the molecule is CCN(CC)C1CCN(Cc2cc(CNC)no2)C1. The number of likely N-dealkylation sites (N-methyl/N-ethyl adjacent to an activating group) is 1. The van der Waals surface area contributed by atoms with E-state index in [0.717, 1.165) is 50.7 Å². The Kier molecular flexibility index (Phi) is 5.36. The van der Waals surface area contributed by atoms with Crippen molar-refractivity contribution in [3.05, 3.63) is 17.5 Å². The van der Waals surface area contributed by atoms with Gasteiger partial charge >= 0.3 is 0 Å². The monoisotopic (exact) mass is 266 g/mol. The van der Waals surface area contributed by atoms with E-state index in [1.54, 1.807) is 0 Å². The molecule has 2 heterocycles. The summed E-state index contributed by atoms with van der Waals surface area (Å²) in [6, 6.07) is 2.76. The molecule has 0 saturated carbocycles. The molecule has 19 heavy (non-hydrogen) atoms. The van der Waals surface area contributed by atoms with E-state index in [0.29, 0.717) is 6.04 Å². The summed E-state index contributed by atoms with van der Waals surface area (Å²) in [5.74, 6) is 0.977. The average Bonchev–Trinajstić information content (AvgIpc) is 3.02. The Morgan fingerprint density at radius 3 is 2.95 bits per heavy atom. The van der Waals surface area contributed by atoms with Crippen LogP contribution in [0.4, 0.5) is 0 Å². The Morgan fingerprint density at radius 2 is 2.26 bits per heavy atom. The molecule has 0 bridgehead atoms. The van der Waals surface area contributed by atoms with Crippen LogP contribution in [0.15, 0.2) is 10.6 Å². The first kappa shape index (κ1) is 14.5. The summed E-state index contributed by atoms with van der Waals surface area (Å²) in [7, 11) is 1.92. The number of nitrogens with one attached hydrogen (secondary N) is 1. The zero-order valence-corrected chi connectivity index (χ0v) is 12.4. The molecule has 0 spiro atoms. The van der Waals surface area contributed by atoms with Crippen LogP contribution in [0.5, 0.6) is 0 Å². The van der Waals surface area contributed by atoms with Crippen molar-refractivity contribution in [1.29, 1.82) is 0 Å². The lowest BCUT2D eigenvalue weighted by Crippen LogP contribution is -2.37. The Hall–Kier alpha value is -0.910. The second-order valence-electron chi connectivity index (χ2n) is 5.21. The summed E-state index contributed by atoms with van der Waals surface area (Å²) < 4.78 is 5.38. The average molecular weight is 266 g/mol. The molecule has 2 rings (SSSR count). The molecule has 1 fully saturated rings. The second kappa shape index (κ2) is 7.03. The highest BCUT2D eigenvalue weighted by molar-refractivity contribution is 5.05. The molecule has 1 aromatic heterocycles. The highest BCUT2D eigenvalue weighted by Gasteiger charge is 2.26. The van der Waals surface area contributed by atoms with Gasteiger partial charge in [0.1, 0.15) is 0 Å². The Bertz CT molecular complexity index is 375. The number of nitrogens with zero attached hydrogens (tertiary/aromatic N) is 3. The van der Waals surface area contributed by atoms with Gasteiger partial charge in [0.05, 0.1) is 12.2 Å². The Morgan fingerprint density at radius 1 is 1.47 bits per heavy atom. The molecular formula is C14H26N4O. The van der Waals surface area contributed by atoms with Crippen LogP contribution < -0.4 is 5.32 Å². The maximum Gasteiger partial charge on any atom is 0.151 e. The van der Waals surface area contributed by atoms with Crippen molar-refractivity contribution in [3.63, 3.8) is 0 Å². The molecule has 1 N–H and O–H groups in total. The fourth-order valence-corrected chi connectivity index (χ4v) is 2.91. The lowest BCUT2D eigenvalue weighted by Gasteiger charge is -2.26. The van der Waals surface area contributed by atoms with E-state index in [2.05, 4.69) is 40.2 Å². The minimum atomic E-state index is 0.703. The van der Waals surface area contributed by atoms with Crippen molar-refractivity contribution < 1.29 is 4.52 Å². The summed E-state index contributed by atoms with van der Waals surface area (Å²) >= 11 is 0. The number of hydrogen-bond acceptors (Lipinski definition) is 5. The van der Waals surface area contributed by atoms with Gasteiger partial charge < -0.3 is 9.84 Å². The predicted molar refractivity (Wildman–Crippen MR) is 75.9 cm³/mol. The molecule has 108 valence electrons. The van der Waals surface area contributed by atoms with Crippen LogP contribution in [0.25, 0.3) is 0 Å². The van der Waals surface area contributed by atoms with E-state index in [9.17, 15) is 0 Å². The summed E-state index contributed by atoms with van der Waals surface area (Å²) in [6.45, 7) is 10.7. The van der Waals surface area contributed by atoms with Crippen molar-refractivity contribution in [3.8, 4) is 0 Å². The van der Waals surface area contributed by atoms with Crippen LogP contribution in [0.3, 0.4) is 0 Å². The number of hydrogen-bond donors (Lipinski definition) is 1. The molecule has 5 nitrogen and oxygen atoms in total. The lowest BCUT2D eigenvalue weighted by molar-refractivity contribution is 0.202. The standard InChI is InChI=1S/C14H26N4O/c1-4-18(5-2)13-6-7-17(10-13)11-14-8-12(9-15-3)16-19-14/h8,13,15H,4-7,9-11H2,1-3H3. The number of aromatic nitrogens is 1. The van der Waals surface area contributed by atoms with Crippen molar-refractivity contribution in [2.24, 2.45) is 0 Å². The molecule has 0 aromatic carbocycles. The molecule has 1 aliphatic rings. The molecule has 1 saturated heterocycles. The Labute approximate surface area is 115 Å². The molecular weight excluding hydrogens is 240 g/mol. The van der Waals surface area contributed by atoms with E-state index in [1.165, 1.54) is 6.42 Å².